The Morgan fingerprint density at radius 3 is 2.47 bits per heavy atom. The molecule has 3 aromatic carbocycles. The van der Waals surface area contributed by atoms with Crippen molar-refractivity contribution in [3.8, 4) is 11.5 Å². The number of rotatable bonds is 7. The maximum Gasteiger partial charge on any atom is 0.251 e. The zero-order valence-electron chi connectivity index (χ0n) is 17.6. The SMILES string of the molecule is CC(NC(=O)c1cccc(S(=O)(=O)NCc2ccccc2)c1)c1ccc2c(c1)OCCO2. The van der Waals surface area contributed by atoms with Crippen LogP contribution in [0.1, 0.15) is 34.5 Å². The molecule has 8 heteroatoms. The van der Waals surface area contributed by atoms with Crippen LogP contribution in [-0.4, -0.2) is 27.5 Å². The molecule has 166 valence electrons. The molecule has 1 aliphatic rings. The molecule has 1 amide bonds. The van der Waals surface area contributed by atoms with Gasteiger partial charge in [0.15, 0.2) is 11.5 Å². The van der Waals surface area contributed by atoms with Crippen LogP contribution in [0.25, 0.3) is 0 Å². The van der Waals surface area contributed by atoms with Crippen molar-refractivity contribution in [1.29, 1.82) is 0 Å². The molecule has 7 nitrogen and oxygen atoms in total. The summed E-state index contributed by atoms with van der Waals surface area (Å²) in [5, 5.41) is 2.91. The quantitative estimate of drug-likeness (QED) is 0.573. The highest BCUT2D eigenvalue weighted by Gasteiger charge is 2.19. The lowest BCUT2D eigenvalue weighted by molar-refractivity contribution is 0.0939. The van der Waals surface area contributed by atoms with Crippen LogP contribution in [0.15, 0.2) is 77.7 Å². The number of fused-ring (bicyclic) bond motifs is 1. The second-order valence-electron chi connectivity index (χ2n) is 7.44. The molecule has 0 fully saturated rings. The first-order chi connectivity index (χ1) is 15.4. The molecule has 2 N–H and O–H groups in total. The number of ether oxygens (including phenoxy) is 2. The minimum absolute atomic E-state index is 0.0352. The van der Waals surface area contributed by atoms with Gasteiger partial charge >= 0.3 is 0 Å². The summed E-state index contributed by atoms with van der Waals surface area (Å²) in [4.78, 5) is 12.8. The number of nitrogens with one attached hydrogen (secondary N) is 2. The van der Waals surface area contributed by atoms with E-state index >= 15 is 0 Å². The van der Waals surface area contributed by atoms with E-state index in [2.05, 4.69) is 10.0 Å². The smallest absolute Gasteiger partial charge is 0.251 e. The Morgan fingerprint density at radius 1 is 0.938 bits per heavy atom. The van der Waals surface area contributed by atoms with Gasteiger partial charge < -0.3 is 14.8 Å². The fraction of sp³-hybridized carbons (Fsp3) is 0.208. The lowest BCUT2D eigenvalue weighted by Gasteiger charge is -2.21. The molecule has 0 bridgehead atoms. The molecule has 0 radical (unpaired) electrons. The van der Waals surface area contributed by atoms with E-state index in [1.54, 1.807) is 12.1 Å². The van der Waals surface area contributed by atoms with Crippen LogP contribution in [0.5, 0.6) is 11.5 Å². The van der Waals surface area contributed by atoms with E-state index in [4.69, 9.17) is 9.47 Å². The summed E-state index contributed by atoms with van der Waals surface area (Å²) in [6, 6.07) is 20.4. The van der Waals surface area contributed by atoms with E-state index in [0.717, 1.165) is 11.1 Å². The predicted octanol–water partition coefficient (Wildman–Crippen LogP) is 3.43. The van der Waals surface area contributed by atoms with Crippen molar-refractivity contribution in [3.63, 3.8) is 0 Å². The topological polar surface area (TPSA) is 93.7 Å². The molecule has 0 aliphatic carbocycles. The van der Waals surface area contributed by atoms with Gasteiger partial charge in [-0.25, -0.2) is 13.1 Å². The number of hydrogen-bond acceptors (Lipinski definition) is 5. The Hall–Kier alpha value is -3.36. The van der Waals surface area contributed by atoms with Gasteiger partial charge in [0.1, 0.15) is 13.2 Å². The third-order valence-electron chi connectivity index (χ3n) is 5.13. The molecule has 1 unspecified atom stereocenters. The van der Waals surface area contributed by atoms with Gasteiger partial charge in [-0.3, -0.25) is 4.79 Å². The highest BCUT2D eigenvalue weighted by molar-refractivity contribution is 7.89. The number of amides is 1. The molecule has 0 aromatic heterocycles. The zero-order chi connectivity index (χ0) is 22.6. The van der Waals surface area contributed by atoms with Crippen molar-refractivity contribution in [1.82, 2.24) is 10.0 Å². The van der Waals surface area contributed by atoms with Crippen LogP contribution < -0.4 is 19.5 Å². The molecule has 1 aliphatic heterocycles. The number of hydrogen-bond donors (Lipinski definition) is 2. The standard InChI is InChI=1S/C24H24N2O5S/c1-17(19-10-11-22-23(15-19)31-13-12-30-22)26-24(27)20-8-5-9-21(14-20)32(28,29)25-16-18-6-3-2-4-7-18/h2-11,14-15,17,25H,12-13,16H2,1H3,(H,26,27). The van der Waals surface area contributed by atoms with Crippen LogP contribution in [0.2, 0.25) is 0 Å². The van der Waals surface area contributed by atoms with Gasteiger partial charge in [0.2, 0.25) is 10.0 Å². The third-order valence-corrected chi connectivity index (χ3v) is 6.53. The summed E-state index contributed by atoms with van der Waals surface area (Å²) in [6.45, 7) is 3.01. The van der Waals surface area contributed by atoms with Crippen LogP contribution in [0.3, 0.4) is 0 Å². The van der Waals surface area contributed by atoms with Gasteiger partial charge in [0.25, 0.3) is 5.91 Å². The van der Waals surface area contributed by atoms with E-state index in [1.165, 1.54) is 12.1 Å². The maximum absolute atomic E-state index is 12.8. The summed E-state index contributed by atoms with van der Waals surface area (Å²) >= 11 is 0. The van der Waals surface area contributed by atoms with E-state index in [-0.39, 0.29) is 29.0 Å². The molecule has 0 saturated carbocycles. The third kappa shape index (κ3) is 5.09. The zero-order valence-corrected chi connectivity index (χ0v) is 18.4. The van der Waals surface area contributed by atoms with Gasteiger partial charge in [-0.15, -0.1) is 0 Å². The molecular formula is C24H24N2O5S. The van der Waals surface area contributed by atoms with Gasteiger partial charge in [-0.05, 0) is 48.4 Å². The minimum atomic E-state index is -3.77. The highest BCUT2D eigenvalue weighted by atomic mass is 32.2. The molecule has 1 atom stereocenters. The second-order valence-corrected chi connectivity index (χ2v) is 9.20. The number of benzene rings is 3. The molecule has 0 spiro atoms. The lowest BCUT2D eigenvalue weighted by atomic mass is 10.1. The average Bonchev–Trinajstić information content (AvgIpc) is 2.83. The number of carbonyl (C=O) groups excluding carboxylic acids is 1. The second kappa shape index (κ2) is 9.42. The summed E-state index contributed by atoms with van der Waals surface area (Å²) in [6.07, 6.45) is 0. The normalized spacial score (nSPS) is 13.9. The Bertz CT molecular complexity index is 1210. The summed E-state index contributed by atoms with van der Waals surface area (Å²) in [7, 11) is -3.77. The summed E-state index contributed by atoms with van der Waals surface area (Å²) < 4.78 is 39.1. The van der Waals surface area contributed by atoms with Crippen molar-refractivity contribution in [3.05, 3.63) is 89.5 Å². The van der Waals surface area contributed by atoms with Gasteiger partial charge in [-0.1, -0.05) is 42.5 Å². The predicted molar refractivity (Wildman–Crippen MR) is 120 cm³/mol. The average molecular weight is 453 g/mol. The maximum atomic E-state index is 12.8. The first kappa shape index (κ1) is 21.9. The van der Waals surface area contributed by atoms with Crippen molar-refractivity contribution in [2.75, 3.05) is 13.2 Å². The molecule has 4 rings (SSSR count). The van der Waals surface area contributed by atoms with E-state index < -0.39 is 10.0 Å². The summed E-state index contributed by atoms with van der Waals surface area (Å²) in [5.74, 6) is 0.958. The monoisotopic (exact) mass is 452 g/mol. The molecule has 32 heavy (non-hydrogen) atoms. The molecule has 3 aromatic rings. The van der Waals surface area contributed by atoms with Crippen molar-refractivity contribution in [2.24, 2.45) is 0 Å². The fourth-order valence-corrected chi connectivity index (χ4v) is 4.42. The molecule has 1 heterocycles. The van der Waals surface area contributed by atoms with E-state index in [1.807, 2.05) is 55.5 Å². The Balaban J connectivity index is 1.44. The van der Waals surface area contributed by atoms with Gasteiger partial charge in [0, 0.05) is 12.1 Å². The van der Waals surface area contributed by atoms with Crippen LogP contribution in [0, 0.1) is 0 Å². The van der Waals surface area contributed by atoms with Crippen molar-refractivity contribution in [2.45, 2.75) is 24.4 Å². The van der Waals surface area contributed by atoms with Crippen LogP contribution >= 0.6 is 0 Å². The van der Waals surface area contributed by atoms with E-state index in [0.29, 0.717) is 24.7 Å². The highest BCUT2D eigenvalue weighted by Crippen LogP contribution is 2.32. The summed E-state index contributed by atoms with van der Waals surface area (Å²) in [5.41, 5.74) is 1.96. The van der Waals surface area contributed by atoms with Crippen molar-refractivity contribution < 1.29 is 22.7 Å². The largest absolute Gasteiger partial charge is 0.486 e. The van der Waals surface area contributed by atoms with Gasteiger partial charge in [0.05, 0.1) is 10.9 Å². The first-order valence-electron chi connectivity index (χ1n) is 10.3. The van der Waals surface area contributed by atoms with Gasteiger partial charge in [-0.2, -0.15) is 0 Å². The van der Waals surface area contributed by atoms with Crippen LogP contribution in [-0.2, 0) is 16.6 Å². The van der Waals surface area contributed by atoms with Crippen LogP contribution in [0.4, 0.5) is 0 Å². The Morgan fingerprint density at radius 2 is 1.69 bits per heavy atom. The lowest BCUT2D eigenvalue weighted by Crippen LogP contribution is -2.28. The van der Waals surface area contributed by atoms with E-state index in [9.17, 15) is 13.2 Å². The number of carbonyl (C=O) groups is 1. The number of sulfonamides is 1. The Labute approximate surface area is 187 Å². The molecule has 0 saturated heterocycles. The molecular weight excluding hydrogens is 428 g/mol. The first-order valence-corrected chi connectivity index (χ1v) is 11.7. The minimum Gasteiger partial charge on any atom is -0.486 e. The Kier molecular flexibility index (Phi) is 6.43. The van der Waals surface area contributed by atoms with Crippen molar-refractivity contribution >= 4 is 15.9 Å². The fourth-order valence-electron chi connectivity index (χ4n) is 3.35.